The minimum Gasteiger partial charge on any atom is -0.387 e. The summed E-state index contributed by atoms with van der Waals surface area (Å²) in [5.41, 5.74) is 0.908. The Morgan fingerprint density at radius 1 is 1.10 bits per heavy atom. The van der Waals surface area contributed by atoms with Crippen molar-refractivity contribution in [3.05, 3.63) is 35.9 Å². The summed E-state index contributed by atoms with van der Waals surface area (Å²) >= 11 is 0. The van der Waals surface area contributed by atoms with Gasteiger partial charge in [0.25, 0.3) is 0 Å². The van der Waals surface area contributed by atoms with Gasteiger partial charge in [-0.3, -0.25) is 0 Å². The first-order valence-corrected chi connectivity index (χ1v) is 6.95. The third-order valence-corrected chi connectivity index (χ3v) is 3.89. The Bertz CT molecular complexity index is 453. The normalized spacial score (nSPS) is 39.8. The molecular formula is C15H20O6. The molecule has 0 unspecified atom stereocenters. The molecule has 1 aromatic carbocycles. The fourth-order valence-electron chi connectivity index (χ4n) is 2.79. The average molecular weight is 296 g/mol. The maximum Gasteiger partial charge on any atom is 0.186 e. The van der Waals surface area contributed by atoms with Crippen LogP contribution in [0.3, 0.4) is 0 Å². The smallest absolute Gasteiger partial charge is 0.186 e. The molecule has 6 nitrogen and oxygen atoms in total. The second kappa shape index (κ2) is 6.39. The molecule has 0 aliphatic carbocycles. The standard InChI is InChI=1S/C15H20O6/c1-17-13-11(16)12-10(20-15(13)18-2)8-19-14(21-12)9-6-4-3-5-7-9/h3-7,10-16H,8H2,1-2H3/t10-,11+,12+,13+,14+,15-/m1/s1. The Kier molecular flexibility index (Phi) is 4.54. The van der Waals surface area contributed by atoms with E-state index in [2.05, 4.69) is 0 Å². The maximum absolute atomic E-state index is 10.5. The Hall–Kier alpha value is -1.02. The molecule has 116 valence electrons. The highest BCUT2D eigenvalue weighted by Crippen LogP contribution is 2.34. The molecule has 2 saturated heterocycles. The Morgan fingerprint density at radius 2 is 1.86 bits per heavy atom. The number of aliphatic hydroxyl groups is 1. The molecule has 6 heteroatoms. The summed E-state index contributed by atoms with van der Waals surface area (Å²) in [7, 11) is 3.03. The van der Waals surface area contributed by atoms with Crippen molar-refractivity contribution >= 4 is 0 Å². The SMILES string of the molecule is CO[C@@H]1O[C@@H]2CO[C@H](c3ccccc3)O[C@@H]2[C@H](O)[C@@H]1OC. The summed E-state index contributed by atoms with van der Waals surface area (Å²) in [4.78, 5) is 0. The fraction of sp³-hybridized carbons (Fsp3) is 0.600. The van der Waals surface area contributed by atoms with Crippen molar-refractivity contribution in [2.24, 2.45) is 0 Å². The summed E-state index contributed by atoms with van der Waals surface area (Å²) in [6.45, 7) is 0.331. The lowest BCUT2D eigenvalue weighted by molar-refractivity contribution is -0.360. The van der Waals surface area contributed by atoms with Gasteiger partial charge in [-0.05, 0) is 0 Å². The zero-order valence-electron chi connectivity index (χ0n) is 12.0. The van der Waals surface area contributed by atoms with Crippen LogP contribution in [-0.2, 0) is 23.7 Å². The molecule has 0 radical (unpaired) electrons. The third-order valence-electron chi connectivity index (χ3n) is 3.89. The lowest BCUT2D eigenvalue weighted by Crippen LogP contribution is -2.62. The molecule has 3 rings (SSSR count). The monoisotopic (exact) mass is 296 g/mol. The second-order valence-corrected chi connectivity index (χ2v) is 5.15. The van der Waals surface area contributed by atoms with E-state index in [1.807, 2.05) is 30.3 Å². The van der Waals surface area contributed by atoms with E-state index in [1.165, 1.54) is 14.2 Å². The van der Waals surface area contributed by atoms with Crippen molar-refractivity contribution in [2.45, 2.75) is 37.0 Å². The molecule has 0 spiro atoms. The Balaban J connectivity index is 1.75. The number of fused-ring (bicyclic) bond motifs is 1. The van der Waals surface area contributed by atoms with E-state index >= 15 is 0 Å². The lowest BCUT2D eigenvalue weighted by atomic mass is 9.97. The molecule has 0 aromatic heterocycles. The number of hydrogen-bond acceptors (Lipinski definition) is 6. The summed E-state index contributed by atoms with van der Waals surface area (Å²) in [6, 6.07) is 9.61. The van der Waals surface area contributed by atoms with Gasteiger partial charge < -0.3 is 28.8 Å². The van der Waals surface area contributed by atoms with Gasteiger partial charge in [0.1, 0.15) is 24.4 Å². The average Bonchev–Trinajstić information content (AvgIpc) is 2.55. The van der Waals surface area contributed by atoms with Crippen molar-refractivity contribution in [1.82, 2.24) is 0 Å². The Morgan fingerprint density at radius 3 is 2.52 bits per heavy atom. The molecule has 0 bridgehead atoms. The van der Waals surface area contributed by atoms with Gasteiger partial charge in [-0.1, -0.05) is 30.3 Å². The van der Waals surface area contributed by atoms with E-state index in [4.69, 9.17) is 23.7 Å². The molecule has 2 aliphatic rings. The molecule has 6 atom stereocenters. The quantitative estimate of drug-likeness (QED) is 0.892. The van der Waals surface area contributed by atoms with E-state index in [0.717, 1.165) is 5.56 Å². The van der Waals surface area contributed by atoms with Gasteiger partial charge in [0.2, 0.25) is 0 Å². The first-order chi connectivity index (χ1) is 10.2. The molecule has 0 saturated carbocycles. The fourth-order valence-corrected chi connectivity index (χ4v) is 2.79. The van der Waals surface area contributed by atoms with Gasteiger partial charge >= 0.3 is 0 Å². The van der Waals surface area contributed by atoms with Crippen LogP contribution in [-0.4, -0.2) is 56.6 Å². The van der Waals surface area contributed by atoms with Crippen molar-refractivity contribution in [3.63, 3.8) is 0 Å². The predicted molar refractivity (Wildman–Crippen MR) is 72.5 cm³/mol. The molecule has 0 amide bonds. The van der Waals surface area contributed by atoms with Gasteiger partial charge in [-0.25, -0.2) is 0 Å². The first kappa shape index (κ1) is 14.9. The van der Waals surface area contributed by atoms with Crippen molar-refractivity contribution in [3.8, 4) is 0 Å². The highest BCUT2D eigenvalue weighted by molar-refractivity contribution is 5.16. The Labute approximate surface area is 123 Å². The maximum atomic E-state index is 10.5. The topological polar surface area (TPSA) is 66.4 Å². The van der Waals surface area contributed by atoms with Crippen LogP contribution in [0.5, 0.6) is 0 Å². The van der Waals surface area contributed by atoms with Gasteiger partial charge in [-0.2, -0.15) is 0 Å². The van der Waals surface area contributed by atoms with Crippen molar-refractivity contribution < 1.29 is 28.8 Å². The van der Waals surface area contributed by atoms with Crippen molar-refractivity contribution in [2.75, 3.05) is 20.8 Å². The largest absolute Gasteiger partial charge is 0.387 e. The highest BCUT2D eigenvalue weighted by Gasteiger charge is 2.49. The van der Waals surface area contributed by atoms with E-state index < -0.39 is 30.9 Å². The van der Waals surface area contributed by atoms with Crippen molar-refractivity contribution in [1.29, 1.82) is 0 Å². The third kappa shape index (κ3) is 2.83. The van der Waals surface area contributed by atoms with Crippen LogP contribution in [0.4, 0.5) is 0 Å². The minimum atomic E-state index is -0.839. The van der Waals surface area contributed by atoms with Crippen LogP contribution < -0.4 is 0 Å². The van der Waals surface area contributed by atoms with E-state index in [-0.39, 0.29) is 6.10 Å². The number of hydrogen-bond donors (Lipinski definition) is 1. The minimum absolute atomic E-state index is 0.331. The number of ether oxygens (including phenoxy) is 5. The van der Waals surface area contributed by atoms with Crippen LogP contribution >= 0.6 is 0 Å². The molecule has 2 fully saturated rings. The number of aliphatic hydroxyl groups excluding tert-OH is 1. The predicted octanol–water partition coefficient (Wildman–Crippen LogP) is 0.848. The molecule has 21 heavy (non-hydrogen) atoms. The van der Waals surface area contributed by atoms with Crippen LogP contribution in [0, 0.1) is 0 Å². The van der Waals surface area contributed by atoms with E-state index in [9.17, 15) is 5.11 Å². The number of methoxy groups -OCH3 is 2. The zero-order chi connectivity index (χ0) is 14.8. The first-order valence-electron chi connectivity index (χ1n) is 6.95. The van der Waals surface area contributed by atoms with Gasteiger partial charge in [-0.15, -0.1) is 0 Å². The number of benzene rings is 1. The van der Waals surface area contributed by atoms with Crippen LogP contribution in [0.1, 0.15) is 11.9 Å². The summed E-state index contributed by atoms with van der Waals surface area (Å²) in [5, 5.41) is 10.5. The summed E-state index contributed by atoms with van der Waals surface area (Å²) in [6.07, 6.45) is -3.47. The van der Waals surface area contributed by atoms with Crippen LogP contribution in [0.15, 0.2) is 30.3 Å². The van der Waals surface area contributed by atoms with E-state index in [0.29, 0.717) is 6.61 Å². The summed E-state index contributed by atoms with van der Waals surface area (Å²) in [5.74, 6) is 0. The molecular weight excluding hydrogens is 276 g/mol. The van der Waals surface area contributed by atoms with E-state index in [1.54, 1.807) is 0 Å². The van der Waals surface area contributed by atoms with Gasteiger partial charge in [0.05, 0.1) is 6.61 Å². The molecule has 1 N–H and O–H groups in total. The summed E-state index contributed by atoms with van der Waals surface area (Å²) < 4.78 is 27.8. The molecule has 2 heterocycles. The van der Waals surface area contributed by atoms with Crippen LogP contribution in [0.2, 0.25) is 0 Å². The van der Waals surface area contributed by atoms with Gasteiger partial charge in [0.15, 0.2) is 12.6 Å². The van der Waals surface area contributed by atoms with Gasteiger partial charge in [0, 0.05) is 19.8 Å². The highest BCUT2D eigenvalue weighted by atomic mass is 16.8. The zero-order valence-corrected chi connectivity index (χ0v) is 12.0. The molecule has 1 aromatic rings. The lowest BCUT2D eigenvalue weighted by Gasteiger charge is -2.46. The second-order valence-electron chi connectivity index (χ2n) is 5.15. The van der Waals surface area contributed by atoms with Crippen LogP contribution in [0.25, 0.3) is 0 Å². The molecule has 2 aliphatic heterocycles. The number of rotatable bonds is 3.